The van der Waals surface area contributed by atoms with Gasteiger partial charge in [-0.3, -0.25) is 0 Å². The molecule has 0 unspecified atom stereocenters. The second-order valence-electron chi connectivity index (χ2n) is 1.63. The van der Waals surface area contributed by atoms with Crippen molar-refractivity contribution in [1.29, 1.82) is 0 Å². The van der Waals surface area contributed by atoms with Gasteiger partial charge in [0, 0.05) is 5.69 Å². The number of hydrogen-bond donors (Lipinski definition) is 1. The highest BCUT2D eigenvalue weighted by Gasteiger charge is 1.94. The Labute approximate surface area is 60.9 Å². The summed E-state index contributed by atoms with van der Waals surface area (Å²) in [6.07, 6.45) is 0. The maximum Gasteiger partial charge on any atom is 0.315 e. The van der Waals surface area contributed by atoms with Crippen molar-refractivity contribution in [3.63, 3.8) is 0 Å². The van der Waals surface area contributed by atoms with E-state index in [0.29, 0.717) is 4.60 Å². The summed E-state index contributed by atoms with van der Waals surface area (Å²) in [5.74, 6) is 0. The Kier molecular flexibility index (Phi) is 1.66. The smallest absolute Gasteiger partial charge is 0.315 e. The molecule has 1 N–H and O–H groups in total. The van der Waals surface area contributed by atoms with Crippen LogP contribution in [0.3, 0.4) is 0 Å². The van der Waals surface area contributed by atoms with Crippen molar-refractivity contribution in [2.75, 3.05) is 0 Å². The molecule has 1 aromatic rings. The molecular weight excluding hydrogens is 184 g/mol. The molecule has 3 nitrogen and oxygen atoms in total. The molecule has 0 saturated carbocycles. The number of rotatable bonds is 0. The third-order valence-corrected chi connectivity index (χ3v) is 1.22. The minimum atomic E-state index is -0.193. The number of halogens is 1. The van der Waals surface area contributed by atoms with Crippen LogP contribution in [-0.4, -0.2) is 15.1 Å². The molecule has 9 heavy (non-hydrogen) atoms. The molecule has 0 atom stereocenters. The first-order chi connectivity index (χ1) is 4.18. The van der Waals surface area contributed by atoms with Crippen LogP contribution in [0.1, 0.15) is 5.69 Å². The van der Waals surface area contributed by atoms with E-state index in [-0.39, 0.29) is 6.01 Å². The maximum atomic E-state index is 8.74. The fourth-order valence-electron chi connectivity index (χ4n) is 0.515. The second kappa shape index (κ2) is 2.31. The molecule has 0 aliphatic carbocycles. The van der Waals surface area contributed by atoms with Crippen LogP contribution in [0.2, 0.25) is 0 Å². The van der Waals surface area contributed by atoms with Crippen LogP contribution in [0.15, 0.2) is 10.7 Å². The van der Waals surface area contributed by atoms with E-state index in [2.05, 4.69) is 25.9 Å². The van der Waals surface area contributed by atoms with Crippen LogP contribution in [-0.2, 0) is 0 Å². The fourth-order valence-corrected chi connectivity index (χ4v) is 1.01. The van der Waals surface area contributed by atoms with Gasteiger partial charge in [0.15, 0.2) is 0 Å². The highest BCUT2D eigenvalue weighted by atomic mass is 79.9. The van der Waals surface area contributed by atoms with E-state index in [1.807, 2.05) is 0 Å². The van der Waals surface area contributed by atoms with Crippen molar-refractivity contribution in [2.45, 2.75) is 6.92 Å². The van der Waals surface area contributed by atoms with Gasteiger partial charge in [0.25, 0.3) is 0 Å². The molecule has 0 bridgehead atoms. The van der Waals surface area contributed by atoms with Crippen molar-refractivity contribution >= 4 is 15.9 Å². The van der Waals surface area contributed by atoms with E-state index in [0.717, 1.165) is 5.69 Å². The summed E-state index contributed by atoms with van der Waals surface area (Å²) in [5, 5.41) is 8.74. The van der Waals surface area contributed by atoms with Crippen molar-refractivity contribution in [2.24, 2.45) is 0 Å². The fraction of sp³-hybridized carbons (Fsp3) is 0.200. The van der Waals surface area contributed by atoms with E-state index in [9.17, 15) is 0 Å². The van der Waals surface area contributed by atoms with Crippen LogP contribution in [0.4, 0.5) is 0 Å². The first kappa shape index (κ1) is 6.48. The monoisotopic (exact) mass is 188 g/mol. The molecule has 1 aromatic heterocycles. The van der Waals surface area contributed by atoms with E-state index in [1.54, 1.807) is 13.0 Å². The Morgan fingerprint density at radius 1 is 1.56 bits per heavy atom. The average Bonchev–Trinajstić information content (AvgIpc) is 1.59. The molecule has 48 valence electrons. The second-order valence-corrected chi connectivity index (χ2v) is 2.44. The summed E-state index contributed by atoms with van der Waals surface area (Å²) in [4.78, 5) is 7.24. The molecule has 0 aromatic carbocycles. The van der Waals surface area contributed by atoms with Gasteiger partial charge >= 0.3 is 6.01 Å². The maximum absolute atomic E-state index is 8.74. The van der Waals surface area contributed by atoms with E-state index in [4.69, 9.17) is 5.11 Å². The third kappa shape index (κ3) is 1.64. The highest BCUT2D eigenvalue weighted by Crippen LogP contribution is 2.09. The number of aryl methyl sites for hydroxylation is 1. The normalized spacial score (nSPS) is 9.56. The van der Waals surface area contributed by atoms with E-state index in [1.165, 1.54) is 0 Å². The number of nitrogens with zero attached hydrogens (tertiary/aromatic N) is 2. The summed E-state index contributed by atoms with van der Waals surface area (Å²) >= 11 is 3.10. The first-order valence-electron chi connectivity index (χ1n) is 2.38. The standard InChI is InChI=1S/C5H5BrN2O/c1-3-2-4(6)8-5(9)7-3/h2H,1H3,(H,7,8,9). The minimum Gasteiger partial charge on any atom is -0.479 e. The van der Waals surface area contributed by atoms with Gasteiger partial charge in [-0.2, -0.15) is 4.98 Å². The van der Waals surface area contributed by atoms with E-state index < -0.39 is 0 Å². The summed E-state index contributed by atoms with van der Waals surface area (Å²) in [7, 11) is 0. The predicted octanol–water partition coefficient (Wildman–Crippen LogP) is 1.25. The Balaban J connectivity index is 3.17. The number of aromatic nitrogens is 2. The lowest BCUT2D eigenvalue weighted by Gasteiger charge is -1.92. The third-order valence-electron chi connectivity index (χ3n) is 0.811. The largest absolute Gasteiger partial charge is 0.479 e. The Morgan fingerprint density at radius 3 is 2.67 bits per heavy atom. The Hall–Kier alpha value is -0.640. The molecule has 1 rings (SSSR count). The zero-order valence-corrected chi connectivity index (χ0v) is 6.38. The van der Waals surface area contributed by atoms with Crippen molar-refractivity contribution < 1.29 is 5.11 Å². The molecule has 0 aliphatic rings. The lowest BCUT2D eigenvalue weighted by molar-refractivity contribution is 0.427. The molecule has 0 saturated heterocycles. The summed E-state index contributed by atoms with van der Waals surface area (Å²) in [5.41, 5.74) is 0.745. The lowest BCUT2D eigenvalue weighted by Crippen LogP contribution is -1.84. The summed E-state index contributed by atoms with van der Waals surface area (Å²) < 4.78 is 0.604. The van der Waals surface area contributed by atoms with Gasteiger partial charge in [0.2, 0.25) is 0 Å². The summed E-state index contributed by atoms with van der Waals surface area (Å²) in [6.45, 7) is 1.78. The van der Waals surface area contributed by atoms with Gasteiger partial charge in [-0.25, -0.2) is 4.98 Å². The van der Waals surface area contributed by atoms with Crippen molar-refractivity contribution in [1.82, 2.24) is 9.97 Å². The van der Waals surface area contributed by atoms with Gasteiger partial charge in [-0.1, -0.05) is 0 Å². The van der Waals surface area contributed by atoms with Gasteiger partial charge in [-0.15, -0.1) is 0 Å². The minimum absolute atomic E-state index is 0.193. The Bertz CT molecular complexity index is 176. The van der Waals surface area contributed by atoms with Gasteiger partial charge in [0.05, 0.1) is 0 Å². The molecule has 4 heteroatoms. The van der Waals surface area contributed by atoms with Crippen LogP contribution in [0.5, 0.6) is 6.01 Å². The molecule has 0 fully saturated rings. The molecule has 0 amide bonds. The summed E-state index contributed by atoms with van der Waals surface area (Å²) in [6, 6.07) is 1.53. The first-order valence-corrected chi connectivity index (χ1v) is 3.18. The average molecular weight is 189 g/mol. The number of aromatic hydroxyl groups is 1. The number of hydrogen-bond acceptors (Lipinski definition) is 3. The van der Waals surface area contributed by atoms with Crippen molar-refractivity contribution in [3.8, 4) is 6.01 Å². The lowest BCUT2D eigenvalue weighted by atomic mass is 10.5. The molecular formula is C5H5BrN2O. The molecule has 0 spiro atoms. The molecule has 0 radical (unpaired) electrons. The zero-order chi connectivity index (χ0) is 6.85. The van der Waals surface area contributed by atoms with E-state index >= 15 is 0 Å². The van der Waals surface area contributed by atoms with Gasteiger partial charge in [-0.05, 0) is 28.9 Å². The van der Waals surface area contributed by atoms with Gasteiger partial charge < -0.3 is 5.11 Å². The topological polar surface area (TPSA) is 46.0 Å². The van der Waals surface area contributed by atoms with Crippen LogP contribution in [0, 0.1) is 6.92 Å². The van der Waals surface area contributed by atoms with Crippen LogP contribution in [0.25, 0.3) is 0 Å². The van der Waals surface area contributed by atoms with Crippen LogP contribution >= 0.6 is 15.9 Å². The van der Waals surface area contributed by atoms with Gasteiger partial charge in [0.1, 0.15) is 4.60 Å². The zero-order valence-electron chi connectivity index (χ0n) is 4.80. The van der Waals surface area contributed by atoms with Crippen LogP contribution < -0.4 is 0 Å². The highest BCUT2D eigenvalue weighted by molar-refractivity contribution is 9.10. The Morgan fingerprint density at radius 2 is 2.22 bits per heavy atom. The molecule has 1 heterocycles. The molecule has 0 aliphatic heterocycles. The SMILES string of the molecule is Cc1cc(Br)nc(O)n1. The predicted molar refractivity (Wildman–Crippen MR) is 36.1 cm³/mol. The quantitative estimate of drug-likeness (QED) is 0.624. The van der Waals surface area contributed by atoms with Crippen molar-refractivity contribution in [3.05, 3.63) is 16.4 Å².